The van der Waals surface area contributed by atoms with E-state index < -0.39 is 77.0 Å². The number of ether oxygens (including phenoxy) is 9. The molecule has 388 valence electrons. The number of nitrogens with zero attached hydrogens (tertiary/aromatic N) is 1. The van der Waals surface area contributed by atoms with Gasteiger partial charge in [0.25, 0.3) is 11.8 Å². The molecule has 5 fully saturated rings. The van der Waals surface area contributed by atoms with Gasteiger partial charge in [0, 0.05) is 50.1 Å². The number of Topliss-reactive ketones (excluding diaryl/α,β-unsaturated/α-hetero) is 1. The van der Waals surface area contributed by atoms with E-state index in [0.29, 0.717) is 77.3 Å². The van der Waals surface area contributed by atoms with Crippen molar-refractivity contribution >= 4 is 46.7 Å². The van der Waals surface area contributed by atoms with Gasteiger partial charge in [-0.05, 0) is 73.7 Å². The van der Waals surface area contributed by atoms with Gasteiger partial charge >= 0.3 is 0 Å². The molecular formula is C52H60F2N2O15S. The van der Waals surface area contributed by atoms with Crippen LogP contribution < -0.4 is 5.32 Å². The predicted molar refractivity (Wildman–Crippen MR) is 252 cm³/mol. The van der Waals surface area contributed by atoms with Crippen molar-refractivity contribution in [1.29, 1.82) is 0 Å². The number of carbonyl (C=O) groups excluding carboxylic acids is 5. The summed E-state index contributed by atoms with van der Waals surface area (Å²) in [7, 11) is 0. The Bertz CT molecular complexity index is 2420. The minimum absolute atomic E-state index is 0.0181. The molecule has 3 amide bonds. The van der Waals surface area contributed by atoms with Crippen molar-refractivity contribution in [3.05, 3.63) is 90.0 Å². The first-order valence-corrected chi connectivity index (χ1v) is 25.3. The van der Waals surface area contributed by atoms with Crippen LogP contribution in [0.3, 0.4) is 0 Å². The summed E-state index contributed by atoms with van der Waals surface area (Å²) >= 11 is 1.48. The highest BCUT2D eigenvalue weighted by molar-refractivity contribution is 7.99. The molecule has 72 heavy (non-hydrogen) atoms. The average molecular weight is 1020 g/mol. The Morgan fingerprint density at radius 2 is 1.40 bits per heavy atom. The first kappa shape index (κ1) is 52.3. The zero-order chi connectivity index (χ0) is 50.5. The van der Waals surface area contributed by atoms with Crippen molar-refractivity contribution in [2.75, 3.05) is 97.8 Å². The first-order chi connectivity index (χ1) is 34.8. The summed E-state index contributed by atoms with van der Waals surface area (Å²) in [4.78, 5) is 64.7. The van der Waals surface area contributed by atoms with E-state index >= 15 is 8.78 Å². The van der Waals surface area contributed by atoms with Crippen LogP contribution in [0.15, 0.2) is 94.3 Å². The number of nitrogens with one attached hydrogen (secondary N) is 1. The predicted octanol–water partition coefficient (Wildman–Crippen LogP) is 4.60. The molecule has 3 heterocycles. The summed E-state index contributed by atoms with van der Waals surface area (Å²) < 4.78 is 85.7. The maximum absolute atomic E-state index is 17.5. The number of alkyl halides is 2. The second kappa shape index (κ2) is 22.5. The fourth-order valence-corrected chi connectivity index (χ4v) is 12.5. The normalized spacial score (nSPS) is 31.8. The molecule has 17 nitrogen and oxygen atoms in total. The number of hydrogen-bond donors (Lipinski definition) is 2. The number of ketones is 2. The number of allylic oxidation sites excluding steroid dienone is 2. The SMILES string of the molecule is CC12C[C@@H]3OC45C=CC(=O)C=C4[C@@H](F)CC(C1CC1O[C@@H](c4ccc(Sc6cccc(NC(=O)CCOCCOCCOCCOCCOCCOCCN7C(=O)C=CC7=O)c6)cc4)OC12C(=O)CO)[C@]35F. The van der Waals surface area contributed by atoms with Crippen LogP contribution in [0.4, 0.5) is 14.5 Å². The summed E-state index contributed by atoms with van der Waals surface area (Å²) in [6, 6.07) is 14.9. The molecular weight excluding hydrogens is 963 g/mol. The van der Waals surface area contributed by atoms with Crippen molar-refractivity contribution < 1.29 is 80.5 Å². The monoisotopic (exact) mass is 1020 g/mol. The third kappa shape index (κ3) is 10.0. The van der Waals surface area contributed by atoms with E-state index in [2.05, 4.69) is 5.32 Å². The minimum atomic E-state index is -1.98. The Labute approximate surface area is 419 Å². The fourth-order valence-electron chi connectivity index (χ4n) is 11.6. The quantitative estimate of drug-likeness (QED) is 0.0927. The summed E-state index contributed by atoms with van der Waals surface area (Å²) in [6.07, 6.45) is 2.18. The van der Waals surface area contributed by atoms with Crippen LogP contribution in [-0.2, 0) is 66.6 Å². The maximum atomic E-state index is 17.5. The van der Waals surface area contributed by atoms with Gasteiger partial charge in [-0.25, -0.2) is 8.78 Å². The van der Waals surface area contributed by atoms with Gasteiger partial charge in [0.1, 0.15) is 18.4 Å². The molecule has 2 N–H and O–H groups in total. The molecule has 4 aliphatic carbocycles. The Balaban J connectivity index is 0.642. The van der Waals surface area contributed by atoms with Gasteiger partial charge in [-0.15, -0.1) is 0 Å². The van der Waals surface area contributed by atoms with E-state index in [9.17, 15) is 29.1 Å². The van der Waals surface area contributed by atoms with E-state index in [4.69, 9.17) is 42.6 Å². The van der Waals surface area contributed by atoms with Crippen LogP contribution in [0.5, 0.6) is 0 Å². The van der Waals surface area contributed by atoms with Gasteiger partial charge < -0.3 is 53.1 Å². The summed E-state index contributed by atoms with van der Waals surface area (Å²) in [5.41, 5.74) is -5.02. The number of aliphatic hydroxyl groups excluding tert-OH is 1. The second-order valence-electron chi connectivity index (χ2n) is 18.9. The molecule has 0 radical (unpaired) electrons. The topological polar surface area (TPSA) is 204 Å². The largest absolute Gasteiger partial charge is 0.388 e. The lowest BCUT2D eigenvalue weighted by atomic mass is 9.44. The Morgan fingerprint density at radius 3 is 2.04 bits per heavy atom. The van der Waals surface area contributed by atoms with Gasteiger partial charge in [-0.2, -0.15) is 0 Å². The molecule has 0 bridgehead atoms. The highest BCUT2D eigenvalue weighted by atomic mass is 32.2. The van der Waals surface area contributed by atoms with Crippen molar-refractivity contribution in [3.8, 4) is 0 Å². The third-order valence-corrected chi connectivity index (χ3v) is 15.9. The van der Waals surface area contributed by atoms with E-state index in [1.807, 2.05) is 49.4 Å². The zero-order valence-electron chi connectivity index (χ0n) is 40.0. The molecule has 20 heteroatoms. The molecule has 10 atom stereocenters. The standard InChI is InChI=1S/C52H60F2N2O15S/c1-49-31-44-51(54)39(29-41(53)40-28-35(58)11-13-50(40,51)70-44)38(49)30-43-52(49,42(59)32-57)71-48(69-43)33-5-7-36(8-6-33)72-37-4-2-3-34(27-37)55-45(60)12-15-63-17-19-65-21-23-67-25-26-68-24-22-66-20-18-64-16-14-56-46(61)9-10-47(56)62/h2-11,13,27-28,38-39,41,43-44,48,57H,12,14-26,29-32H2,1H3,(H,55,60)/t38?,39?,41-,43?,44-,48+,49?,50?,51-,52?/m0/s1. The number of hydrogen-bond acceptors (Lipinski definition) is 16. The number of benzene rings is 2. The van der Waals surface area contributed by atoms with Crippen LogP contribution in [0, 0.1) is 17.3 Å². The highest BCUT2D eigenvalue weighted by Crippen LogP contribution is 2.75. The lowest BCUT2D eigenvalue weighted by molar-refractivity contribution is -0.360. The van der Waals surface area contributed by atoms with Gasteiger partial charge in [0.2, 0.25) is 5.91 Å². The minimum Gasteiger partial charge on any atom is -0.388 e. The first-order valence-electron chi connectivity index (χ1n) is 24.4. The number of carbonyl (C=O) groups is 5. The number of anilines is 1. The van der Waals surface area contributed by atoms with Crippen molar-refractivity contribution in [3.63, 3.8) is 0 Å². The second-order valence-corrected chi connectivity index (χ2v) is 20.1. The molecule has 2 aromatic carbocycles. The highest BCUT2D eigenvalue weighted by Gasteiger charge is 2.85. The number of aliphatic hydroxyl groups is 1. The smallest absolute Gasteiger partial charge is 0.253 e. The van der Waals surface area contributed by atoms with Gasteiger partial charge in [-0.3, -0.25) is 28.9 Å². The molecule has 9 rings (SSSR count). The molecule has 1 spiro atoms. The van der Waals surface area contributed by atoms with Gasteiger partial charge in [0.15, 0.2) is 29.1 Å². The van der Waals surface area contributed by atoms with Crippen LogP contribution in [-0.4, -0.2) is 167 Å². The van der Waals surface area contributed by atoms with E-state index in [-0.39, 0.29) is 68.7 Å². The maximum Gasteiger partial charge on any atom is 0.253 e. The molecule has 3 aliphatic heterocycles. The number of rotatable bonds is 27. The number of halogens is 2. The molecule has 6 unspecified atom stereocenters. The number of amides is 3. The Morgan fingerprint density at radius 1 is 0.778 bits per heavy atom. The van der Waals surface area contributed by atoms with Crippen molar-refractivity contribution in [2.45, 2.75) is 83.9 Å². The summed E-state index contributed by atoms with van der Waals surface area (Å²) in [6.45, 7) is 5.50. The molecule has 3 saturated carbocycles. The van der Waals surface area contributed by atoms with Gasteiger partial charge in [-0.1, -0.05) is 36.9 Å². The Kier molecular flexibility index (Phi) is 16.3. The van der Waals surface area contributed by atoms with E-state index in [1.165, 1.54) is 36.1 Å². The molecule has 2 aromatic rings. The fraction of sp³-hybridized carbons (Fsp3) is 0.558. The van der Waals surface area contributed by atoms with Crippen molar-refractivity contribution in [1.82, 2.24) is 4.90 Å². The van der Waals surface area contributed by atoms with Crippen LogP contribution in [0.2, 0.25) is 0 Å². The number of fused-ring (bicyclic) bond motifs is 4. The molecule has 7 aliphatic rings. The lowest BCUT2D eigenvalue weighted by Gasteiger charge is -2.71. The summed E-state index contributed by atoms with van der Waals surface area (Å²) in [5, 5.41) is 13.2. The summed E-state index contributed by atoms with van der Waals surface area (Å²) in [5.74, 6) is -3.20. The Hall–Kier alpha value is -4.58. The zero-order valence-corrected chi connectivity index (χ0v) is 40.8. The van der Waals surface area contributed by atoms with E-state index in [1.54, 1.807) is 6.07 Å². The molecule has 2 saturated heterocycles. The van der Waals surface area contributed by atoms with Crippen LogP contribution in [0.1, 0.15) is 44.5 Å². The molecule has 0 aromatic heterocycles. The third-order valence-electron chi connectivity index (χ3n) is 14.9. The van der Waals surface area contributed by atoms with Gasteiger partial charge in [0.05, 0.1) is 104 Å². The van der Waals surface area contributed by atoms with Crippen molar-refractivity contribution in [2.24, 2.45) is 17.3 Å². The number of imide groups is 1. The van der Waals surface area contributed by atoms with E-state index in [0.717, 1.165) is 20.8 Å². The van der Waals surface area contributed by atoms with Crippen LogP contribution >= 0.6 is 11.8 Å². The van der Waals surface area contributed by atoms with Crippen LogP contribution in [0.25, 0.3) is 0 Å². The average Bonchev–Trinajstić information content (AvgIpc) is 3.99. The lowest BCUT2D eigenvalue weighted by Crippen LogP contribution is -2.82.